The van der Waals surface area contributed by atoms with Crippen molar-refractivity contribution in [2.45, 2.75) is 78.5 Å². The molecule has 0 saturated heterocycles. The largest absolute Gasteiger partial charge is 0.474 e. The highest BCUT2D eigenvalue weighted by Gasteiger charge is 2.18. The molecule has 0 spiro atoms. The zero-order chi connectivity index (χ0) is 14.5. The zero-order valence-corrected chi connectivity index (χ0v) is 13.3. The molecule has 0 atom stereocenters. The number of ether oxygens (including phenoxy) is 1. The Bertz CT molecular complexity index is 437. The molecule has 0 bridgehead atoms. The van der Waals surface area contributed by atoms with E-state index in [0.29, 0.717) is 12.1 Å². The summed E-state index contributed by atoms with van der Waals surface area (Å²) in [4.78, 5) is 4.64. The fraction of sp³-hybridized carbons (Fsp3) is 0.706. The molecule has 3 heteroatoms. The van der Waals surface area contributed by atoms with Gasteiger partial charge in [0.25, 0.3) is 0 Å². The molecule has 0 aromatic carbocycles. The molecule has 1 fully saturated rings. The van der Waals surface area contributed by atoms with E-state index in [4.69, 9.17) is 4.74 Å². The maximum atomic E-state index is 6.23. The maximum Gasteiger partial charge on any atom is 0.218 e. The summed E-state index contributed by atoms with van der Waals surface area (Å²) in [5, 5.41) is 3.48. The van der Waals surface area contributed by atoms with E-state index in [1.807, 2.05) is 6.92 Å². The Morgan fingerprint density at radius 1 is 1.25 bits per heavy atom. The lowest BCUT2D eigenvalue weighted by molar-refractivity contribution is 0.146. The van der Waals surface area contributed by atoms with Crippen molar-refractivity contribution in [2.75, 3.05) is 0 Å². The van der Waals surface area contributed by atoms with Gasteiger partial charge < -0.3 is 10.1 Å². The van der Waals surface area contributed by atoms with Crippen LogP contribution in [0.3, 0.4) is 0 Å². The Hall–Kier alpha value is -1.09. The smallest absolute Gasteiger partial charge is 0.218 e. The van der Waals surface area contributed by atoms with Gasteiger partial charge in [-0.05, 0) is 51.2 Å². The van der Waals surface area contributed by atoms with Crippen LogP contribution in [0.15, 0.2) is 6.07 Å². The van der Waals surface area contributed by atoms with Crippen molar-refractivity contribution in [1.82, 2.24) is 10.3 Å². The van der Waals surface area contributed by atoms with E-state index in [1.54, 1.807) is 0 Å². The SMILES string of the molecule is Cc1cc(C)c(CNC(C)C)c(OC2CCCCC2)n1. The molecule has 0 unspecified atom stereocenters. The van der Waals surface area contributed by atoms with Crippen LogP contribution < -0.4 is 10.1 Å². The Labute approximate surface area is 123 Å². The highest BCUT2D eigenvalue weighted by atomic mass is 16.5. The van der Waals surface area contributed by atoms with Gasteiger partial charge in [0.1, 0.15) is 6.10 Å². The molecule has 1 aromatic rings. The summed E-state index contributed by atoms with van der Waals surface area (Å²) in [6, 6.07) is 2.61. The van der Waals surface area contributed by atoms with Crippen molar-refractivity contribution in [3.63, 3.8) is 0 Å². The molecule has 1 aliphatic rings. The van der Waals surface area contributed by atoms with Crippen molar-refractivity contribution in [2.24, 2.45) is 0 Å². The first-order chi connectivity index (χ1) is 9.56. The van der Waals surface area contributed by atoms with Gasteiger partial charge in [-0.2, -0.15) is 0 Å². The molecule has 2 rings (SSSR count). The number of hydrogen-bond donors (Lipinski definition) is 1. The third kappa shape index (κ3) is 4.20. The molecule has 1 heterocycles. The predicted molar refractivity (Wildman–Crippen MR) is 83.2 cm³/mol. The average molecular weight is 276 g/mol. The molecule has 1 N–H and O–H groups in total. The van der Waals surface area contributed by atoms with E-state index in [1.165, 1.54) is 43.2 Å². The minimum absolute atomic E-state index is 0.357. The van der Waals surface area contributed by atoms with Gasteiger partial charge in [0.15, 0.2) is 0 Å². The van der Waals surface area contributed by atoms with E-state index >= 15 is 0 Å². The second kappa shape index (κ2) is 7.07. The molecular weight excluding hydrogens is 248 g/mol. The fourth-order valence-corrected chi connectivity index (χ4v) is 2.79. The molecule has 1 saturated carbocycles. The van der Waals surface area contributed by atoms with Crippen molar-refractivity contribution < 1.29 is 4.74 Å². The molecule has 3 nitrogen and oxygen atoms in total. The second-order valence-corrected chi connectivity index (χ2v) is 6.28. The maximum absolute atomic E-state index is 6.23. The first-order valence-electron chi connectivity index (χ1n) is 7.93. The number of hydrogen-bond acceptors (Lipinski definition) is 3. The van der Waals surface area contributed by atoms with E-state index in [9.17, 15) is 0 Å². The van der Waals surface area contributed by atoms with Crippen LogP contribution in [-0.2, 0) is 6.54 Å². The van der Waals surface area contributed by atoms with E-state index < -0.39 is 0 Å². The lowest BCUT2D eigenvalue weighted by atomic mass is 9.98. The summed E-state index contributed by atoms with van der Waals surface area (Å²) >= 11 is 0. The summed E-state index contributed by atoms with van der Waals surface area (Å²) in [7, 11) is 0. The van der Waals surface area contributed by atoms with Gasteiger partial charge in [0.2, 0.25) is 5.88 Å². The summed E-state index contributed by atoms with van der Waals surface area (Å²) in [5.41, 5.74) is 3.54. The predicted octanol–water partition coefficient (Wildman–Crippen LogP) is 3.91. The molecule has 0 aliphatic heterocycles. The van der Waals surface area contributed by atoms with Crippen molar-refractivity contribution >= 4 is 0 Å². The number of aryl methyl sites for hydroxylation is 2. The van der Waals surface area contributed by atoms with Crippen LogP contribution in [0.5, 0.6) is 5.88 Å². The van der Waals surface area contributed by atoms with Gasteiger partial charge in [0, 0.05) is 23.8 Å². The first kappa shape index (κ1) is 15.3. The van der Waals surface area contributed by atoms with Crippen LogP contribution >= 0.6 is 0 Å². The molecule has 0 amide bonds. The molecule has 1 aliphatic carbocycles. The van der Waals surface area contributed by atoms with Crippen LogP contribution in [0.4, 0.5) is 0 Å². The number of nitrogens with one attached hydrogen (secondary N) is 1. The van der Waals surface area contributed by atoms with Gasteiger partial charge in [-0.25, -0.2) is 4.98 Å². The number of pyridine rings is 1. The Balaban J connectivity index is 2.15. The van der Waals surface area contributed by atoms with Crippen LogP contribution in [0, 0.1) is 13.8 Å². The van der Waals surface area contributed by atoms with Crippen molar-refractivity contribution in [3.8, 4) is 5.88 Å². The third-order valence-corrected chi connectivity index (χ3v) is 3.96. The average Bonchev–Trinajstić information content (AvgIpc) is 2.38. The van der Waals surface area contributed by atoms with Crippen LogP contribution in [0.2, 0.25) is 0 Å². The van der Waals surface area contributed by atoms with Gasteiger partial charge in [-0.3, -0.25) is 0 Å². The molecule has 0 radical (unpaired) electrons. The van der Waals surface area contributed by atoms with E-state index in [0.717, 1.165) is 18.1 Å². The summed E-state index contributed by atoms with van der Waals surface area (Å²) in [5.74, 6) is 0.850. The van der Waals surface area contributed by atoms with Gasteiger partial charge in [-0.15, -0.1) is 0 Å². The van der Waals surface area contributed by atoms with Crippen molar-refractivity contribution in [1.29, 1.82) is 0 Å². The first-order valence-corrected chi connectivity index (χ1v) is 7.93. The molecular formula is C17H28N2O. The van der Waals surface area contributed by atoms with Gasteiger partial charge in [-0.1, -0.05) is 20.3 Å². The van der Waals surface area contributed by atoms with Crippen molar-refractivity contribution in [3.05, 3.63) is 22.9 Å². The monoisotopic (exact) mass is 276 g/mol. The Kier molecular flexibility index (Phi) is 5.41. The van der Waals surface area contributed by atoms with Crippen LogP contribution in [0.1, 0.15) is 62.8 Å². The van der Waals surface area contributed by atoms with Crippen LogP contribution in [-0.4, -0.2) is 17.1 Å². The summed E-state index contributed by atoms with van der Waals surface area (Å²) in [6.07, 6.45) is 6.62. The zero-order valence-electron chi connectivity index (χ0n) is 13.3. The normalized spacial score (nSPS) is 16.6. The topological polar surface area (TPSA) is 34.1 Å². The van der Waals surface area contributed by atoms with Gasteiger partial charge in [0.05, 0.1) is 0 Å². The van der Waals surface area contributed by atoms with E-state index in [-0.39, 0.29) is 0 Å². The van der Waals surface area contributed by atoms with Crippen LogP contribution in [0.25, 0.3) is 0 Å². The standard InChI is InChI=1S/C17H28N2O/c1-12(2)18-11-16-13(3)10-14(4)19-17(16)20-15-8-6-5-7-9-15/h10,12,15,18H,5-9,11H2,1-4H3. The second-order valence-electron chi connectivity index (χ2n) is 6.28. The summed E-state index contributed by atoms with van der Waals surface area (Å²) < 4.78 is 6.23. The fourth-order valence-electron chi connectivity index (χ4n) is 2.79. The lowest BCUT2D eigenvalue weighted by Gasteiger charge is -2.24. The Morgan fingerprint density at radius 3 is 2.60 bits per heavy atom. The number of nitrogens with zero attached hydrogens (tertiary/aromatic N) is 1. The quantitative estimate of drug-likeness (QED) is 0.885. The molecule has 112 valence electrons. The third-order valence-electron chi connectivity index (χ3n) is 3.96. The van der Waals surface area contributed by atoms with Gasteiger partial charge >= 0.3 is 0 Å². The minimum atomic E-state index is 0.357. The van der Waals surface area contributed by atoms with E-state index in [2.05, 4.69) is 37.1 Å². The summed E-state index contributed by atoms with van der Waals surface area (Å²) in [6.45, 7) is 9.36. The number of aromatic nitrogens is 1. The Morgan fingerprint density at radius 2 is 1.95 bits per heavy atom. The highest BCUT2D eigenvalue weighted by molar-refractivity contribution is 5.36. The minimum Gasteiger partial charge on any atom is -0.474 e. The number of rotatable bonds is 5. The highest BCUT2D eigenvalue weighted by Crippen LogP contribution is 2.27. The molecule has 20 heavy (non-hydrogen) atoms. The lowest BCUT2D eigenvalue weighted by Crippen LogP contribution is -2.25. The molecule has 1 aromatic heterocycles.